The normalized spacial score (nSPS) is 16.8. The maximum atomic E-state index is 12.4. The van der Waals surface area contributed by atoms with Gasteiger partial charge in [-0.1, -0.05) is 13.8 Å². The van der Waals surface area contributed by atoms with Crippen LogP contribution < -0.4 is 15.2 Å². The maximum Gasteiger partial charge on any atom is 0.239 e. The standard InChI is InChI=1S/C19H31N3O3/c1-14(2)9-18(20)19(23)22-7-5-21(6-8-22)13-15-10-16(24-3)12-17(11-15)25-4/h10-12,14,18H,5-9,13,20H2,1-4H3/t18-/m0/s1. The van der Waals surface area contributed by atoms with Crippen LogP contribution in [0.15, 0.2) is 18.2 Å². The molecule has 1 aliphatic heterocycles. The second-order valence-corrected chi connectivity index (χ2v) is 7.06. The number of nitrogens with two attached hydrogens (primary N) is 1. The van der Waals surface area contributed by atoms with Crippen molar-refractivity contribution in [3.63, 3.8) is 0 Å². The molecule has 140 valence electrons. The summed E-state index contributed by atoms with van der Waals surface area (Å²) >= 11 is 0. The molecular formula is C19H31N3O3. The second-order valence-electron chi connectivity index (χ2n) is 7.06. The molecule has 1 heterocycles. The van der Waals surface area contributed by atoms with Crippen molar-refractivity contribution in [2.45, 2.75) is 32.9 Å². The van der Waals surface area contributed by atoms with Gasteiger partial charge in [0.15, 0.2) is 0 Å². The van der Waals surface area contributed by atoms with E-state index in [1.807, 2.05) is 23.1 Å². The van der Waals surface area contributed by atoms with E-state index in [-0.39, 0.29) is 11.9 Å². The molecule has 0 saturated carbocycles. The van der Waals surface area contributed by atoms with Crippen LogP contribution in [0.5, 0.6) is 11.5 Å². The lowest BCUT2D eigenvalue weighted by Gasteiger charge is -2.36. The van der Waals surface area contributed by atoms with E-state index in [1.165, 1.54) is 0 Å². The molecule has 0 spiro atoms. The number of hydrogen-bond acceptors (Lipinski definition) is 5. The predicted molar refractivity (Wildman–Crippen MR) is 98.8 cm³/mol. The second kappa shape index (κ2) is 9.06. The summed E-state index contributed by atoms with van der Waals surface area (Å²) in [6.45, 7) is 8.14. The first kappa shape index (κ1) is 19.5. The van der Waals surface area contributed by atoms with Crippen LogP contribution in [0.2, 0.25) is 0 Å². The van der Waals surface area contributed by atoms with Crippen LogP contribution in [0.25, 0.3) is 0 Å². The van der Waals surface area contributed by atoms with Crippen LogP contribution in [-0.2, 0) is 11.3 Å². The molecule has 0 unspecified atom stereocenters. The molecular weight excluding hydrogens is 318 g/mol. The summed E-state index contributed by atoms with van der Waals surface area (Å²) < 4.78 is 10.7. The van der Waals surface area contributed by atoms with Gasteiger partial charge in [-0.15, -0.1) is 0 Å². The van der Waals surface area contributed by atoms with Gasteiger partial charge in [-0.05, 0) is 30.0 Å². The number of rotatable bonds is 7. The SMILES string of the molecule is COc1cc(CN2CCN(C(=O)[C@@H](N)CC(C)C)CC2)cc(OC)c1. The molecule has 0 aromatic heterocycles. The highest BCUT2D eigenvalue weighted by molar-refractivity contribution is 5.81. The Hall–Kier alpha value is -1.79. The van der Waals surface area contributed by atoms with Crippen molar-refractivity contribution in [2.24, 2.45) is 11.7 Å². The first-order chi connectivity index (χ1) is 11.9. The minimum atomic E-state index is -0.380. The lowest BCUT2D eigenvalue weighted by atomic mass is 10.0. The average molecular weight is 349 g/mol. The Morgan fingerprint density at radius 1 is 1.08 bits per heavy atom. The number of amides is 1. The van der Waals surface area contributed by atoms with Gasteiger partial charge in [-0.2, -0.15) is 0 Å². The Labute approximate surface area is 150 Å². The zero-order chi connectivity index (χ0) is 18.4. The zero-order valence-corrected chi connectivity index (χ0v) is 15.8. The maximum absolute atomic E-state index is 12.4. The summed E-state index contributed by atoms with van der Waals surface area (Å²) in [4.78, 5) is 16.7. The van der Waals surface area contributed by atoms with Crippen LogP contribution in [0.4, 0.5) is 0 Å². The fourth-order valence-corrected chi connectivity index (χ4v) is 3.19. The highest BCUT2D eigenvalue weighted by Gasteiger charge is 2.25. The zero-order valence-electron chi connectivity index (χ0n) is 15.8. The van der Waals surface area contributed by atoms with Crippen molar-refractivity contribution in [2.75, 3.05) is 40.4 Å². The first-order valence-electron chi connectivity index (χ1n) is 8.91. The molecule has 1 fully saturated rings. The lowest BCUT2D eigenvalue weighted by Crippen LogP contribution is -2.53. The van der Waals surface area contributed by atoms with Crippen LogP contribution in [0.3, 0.4) is 0 Å². The van der Waals surface area contributed by atoms with Crippen molar-refractivity contribution in [1.82, 2.24) is 9.80 Å². The molecule has 1 atom stereocenters. The van der Waals surface area contributed by atoms with E-state index in [2.05, 4.69) is 18.7 Å². The van der Waals surface area contributed by atoms with Gasteiger partial charge in [0.2, 0.25) is 5.91 Å². The molecule has 0 aliphatic carbocycles. The smallest absolute Gasteiger partial charge is 0.239 e. The van der Waals surface area contributed by atoms with Crippen molar-refractivity contribution < 1.29 is 14.3 Å². The van der Waals surface area contributed by atoms with E-state index >= 15 is 0 Å². The third-order valence-electron chi connectivity index (χ3n) is 4.54. The van der Waals surface area contributed by atoms with E-state index in [4.69, 9.17) is 15.2 Å². The Bertz CT molecular complexity index is 547. The van der Waals surface area contributed by atoms with Crippen LogP contribution in [0, 0.1) is 5.92 Å². The average Bonchev–Trinajstić information content (AvgIpc) is 2.60. The van der Waals surface area contributed by atoms with E-state index in [0.717, 1.165) is 56.2 Å². The van der Waals surface area contributed by atoms with Gasteiger partial charge < -0.3 is 20.1 Å². The number of benzene rings is 1. The Morgan fingerprint density at radius 3 is 2.12 bits per heavy atom. The van der Waals surface area contributed by atoms with Gasteiger partial charge in [0.1, 0.15) is 11.5 Å². The fourth-order valence-electron chi connectivity index (χ4n) is 3.19. The van der Waals surface area contributed by atoms with Crippen LogP contribution in [-0.4, -0.2) is 62.1 Å². The van der Waals surface area contributed by atoms with E-state index < -0.39 is 0 Å². The first-order valence-corrected chi connectivity index (χ1v) is 8.91. The molecule has 1 amide bonds. The predicted octanol–water partition coefficient (Wildman–Crippen LogP) is 1.72. The van der Waals surface area contributed by atoms with Crippen molar-refractivity contribution in [3.8, 4) is 11.5 Å². The number of ether oxygens (including phenoxy) is 2. The molecule has 25 heavy (non-hydrogen) atoms. The third-order valence-corrected chi connectivity index (χ3v) is 4.54. The largest absolute Gasteiger partial charge is 0.497 e. The lowest BCUT2D eigenvalue weighted by molar-refractivity contribution is -0.134. The van der Waals surface area contributed by atoms with Gasteiger partial charge in [0.25, 0.3) is 0 Å². The van der Waals surface area contributed by atoms with E-state index in [0.29, 0.717) is 5.92 Å². The number of piperazine rings is 1. The fraction of sp³-hybridized carbons (Fsp3) is 0.632. The Kier molecular flexibility index (Phi) is 7.08. The monoisotopic (exact) mass is 349 g/mol. The molecule has 1 aromatic carbocycles. The highest BCUT2D eigenvalue weighted by Crippen LogP contribution is 2.23. The van der Waals surface area contributed by atoms with E-state index in [9.17, 15) is 4.79 Å². The van der Waals surface area contributed by atoms with Gasteiger partial charge in [0.05, 0.1) is 20.3 Å². The summed E-state index contributed by atoms with van der Waals surface area (Å²) in [6, 6.07) is 5.54. The summed E-state index contributed by atoms with van der Waals surface area (Å²) in [6.07, 6.45) is 0.739. The number of carbonyl (C=O) groups is 1. The minimum absolute atomic E-state index is 0.0800. The van der Waals surface area contributed by atoms with Gasteiger partial charge in [0, 0.05) is 38.8 Å². The van der Waals surface area contributed by atoms with Crippen molar-refractivity contribution >= 4 is 5.91 Å². The molecule has 2 rings (SSSR count). The van der Waals surface area contributed by atoms with Gasteiger partial charge >= 0.3 is 0 Å². The van der Waals surface area contributed by atoms with Gasteiger partial charge in [-0.3, -0.25) is 9.69 Å². The van der Waals surface area contributed by atoms with Crippen molar-refractivity contribution in [3.05, 3.63) is 23.8 Å². The third kappa shape index (κ3) is 5.61. The highest BCUT2D eigenvalue weighted by atomic mass is 16.5. The minimum Gasteiger partial charge on any atom is -0.497 e. The van der Waals surface area contributed by atoms with Gasteiger partial charge in [-0.25, -0.2) is 0 Å². The summed E-state index contributed by atoms with van der Waals surface area (Å²) in [5.41, 5.74) is 7.18. The number of nitrogens with zero attached hydrogens (tertiary/aromatic N) is 2. The molecule has 1 aromatic rings. The summed E-state index contributed by atoms with van der Waals surface area (Å²) in [5.74, 6) is 2.10. The van der Waals surface area contributed by atoms with E-state index in [1.54, 1.807) is 14.2 Å². The van der Waals surface area contributed by atoms with Crippen LogP contribution >= 0.6 is 0 Å². The summed E-state index contributed by atoms with van der Waals surface area (Å²) in [5, 5.41) is 0. The number of carbonyl (C=O) groups excluding carboxylic acids is 1. The molecule has 0 radical (unpaired) electrons. The molecule has 1 aliphatic rings. The van der Waals surface area contributed by atoms with Crippen molar-refractivity contribution in [1.29, 1.82) is 0 Å². The summed E-state index contributed by atoms with van der Waals surface area (Å²) in [7, 11) is 3.31. The quantitative estimate of drug-likeness (QED) is 0.812. The van der Waals surface area contributed by atoms with Crippen LogP contribution in [0.1, 0.15) is 25.8 Å². The molecule has 6 heteroatoms. The Morgan fingerprint density at radius 2 is 1.64 bits per heavy atom. The number of hydrogen-bond donors (Lipinski definition) is 1. The molecule has 2 N–H and O–H groups in total. The number of methoxy groups -OCH3 is 2. The molecule has 0 bridgehead atoms. The molecule has 1 saturated heterocycles. The Balaban J connectivity index is 1.89. The molecule has 6 nitrogen and oxygen atoms in total. The topological polar surface area (TPSA) is 68.0 Å².